The van der Waals surface area contributed by atoms with Crippen molar-refractivity contribution in [3.05, 3.63) is 25.3 Å². The monoisotopic (exact) mass is 274 g/mol. The molecule has 1 atom stereocenters. The van der Waals surface area contributed by atoms with E-state index in [2.05, 4.69) is 35.2 Å². The molecule has 15 heavy (non-hydrogen) atoms. The molecule has 0 bridgehead atoms. The van der Waals surface area contributed by atoms with Crippen LogP contribution in [0.15, 0.2) is 25.3 Å². The van der Waals surface area contributed by atoms with Crippen LogP contribution in [0.3, 0.4) is 0 Å². The Balaban J connectivity index is -0.000000173. The summed E-state index contributed by atoms with van der Waals surface area (Å²) in [5.74, 6) is 0.187. The van der Waals surface area contributed by atoms with Gasteiger partial charge in [0.1, 0.15) is 0 Å². The molecule has 2 N–H and O–H groups in total. The van der Waals surface area contributed by atoms with Crippen LogP contribution in [-0.2, 0) is 0 Å². The Bertz CT molecular complexity index is 161. The summed E-state index contributed by atoms with van der Waals surface area (Å²) in [6, 6.07) is 2.18. The van der Waals surface area contributed by atoms with Gasteiger partial charge in [0.2, 0.25) is 0 Å². The summed E-state index contributed by atoms with van der Waals surface area (Å²) < 4.78 is 0. The van der Waals surface area contributed by atoms with E-state index >= 15 is 0 Å². The lowest BCUT2D eigenvalue weighted by molar-refractivity contribution is 0.653. The fourth-order valence-corrected chi connectivity index (χ4v) is 0.512. The number of nitrogens with two attached hydrogens (primary N) is 1. The zero-order valence-electron chi connectivity index (χ0n) is 9.88. The van der Waals surface area contributed by atoms with E-state index in [-0.39, 0.29) is 5.92 Å². The molecule has 0 amide bonds. The number of alkyl halides is 1. The van der Waals surface area contributed by atoms with Gasteiger partial charge in [0, 0.05) is 11.2 Å². The van der Waals surface area contributed by atoms with E-state index in [1.165, 1.54) is 0 Å². The average Bonchev–Trinajstić information content (AvgIpc) is 2.27. The first kappa shape index (κ1) is 19.9. The minimum atomic E-state index is 0.187. The first-order chi connectivity index (χ1) is 7.17. The van der Waals surface area contributed by atoms with Crippen LogP contribution in [0.4, 0.5) is 0 Å². The Morgan fingerprint density at radius 2 is 1.80 bits per heavy atom. The van der Waals surface area contributed by atoms with Gasteiger partial charge in [0.05, 0.1) is 6.07 Å². The third kappa shape index (κ3) is 31.8. The molecule has 0 rings (SSSR count). The number of hydrogen-bond acceptors (Lipinski definition) is 2. The Morgan fingerprint density at radius 3 is 1.87 bits per heavy atom. The second-order valence-electron chi connectivity index (χ2n) is 2.61. The second kappa shape index (κ2) is 23.3. The zero-order chi connectivity index (χ0) is 12.5. The van der Waals surface area contributed by atoms with E-state index in [0.717, 1.165) is 24.7 Å². The van der Waals surface area contributed by atoms with E-state index in [1.807, 2.05) is 13.8 Å². The highest BCUT2D eigenvalue weighted by molar-refractivity contribution is 9.09. The molecule has 88 valence electrons. The van der Waals surface area contributed by atoms with Gasteiger partial charge >= 0.3 is 0 Å². The molecule has 2 nitrogen and oxygen atoms in total. The first-order valence-corrected chi connectivity index (χ1v) is 6.17. The van der Waals surface area contributed by atoms with Crippen molar-refractivity contribution in [3.63, 3.8) is 0 Å². The number of allylic oxidation sites excluding steroid dienone is 2. The molecule has 0 spiro atoms. The Kier molecular flexibility index (Phi) is 30.9. The summed E-state index contributed by atoms with van der Waals surface area (Å²) in [5, 5.41) is 9.26. The average molecular weight is 275 g/mol. The van der Waals surface area contributed by atoms with Crippen molar-refractivity contribution in [2.75, 3.05) is 11.9 Å². The van der Waals surface area contributed by atoms with Crippen LogP contribution < -0.4 is 5.73 Å². The largest absolute Gasteiger partial charge is 0.331 e. The van der Waals surface area contributed by atoms with Gasteiger partial charge in [-0.15, -0.1) is 13.2 Å². The van der Waals surface area contributed by atoms with Crippen molar-refractivity contribution in [1.29, 1.82) is 5.26 Å². The Labute approximate surface area is 103 Å². The van der Waals surface area contributed by atoms with Gasteiger partial charge in [-0.05, 0) is 19.4 Å². The minimum absolute atomic E-state index is 0.187. The van der Waals surface area contributed by atoms with Crippen molar-refractivity contribution >= 4 is 15.9 Å². The third-order valence-electron chi connectivity index (χ3n) is 1.24. The van der Waals surface area contributed by atoms with Crippen molar-refractivity contribution < 1.29 is 0 Å². The van der Waals surface area contributed by atoms with Gasteiger partial charge in [-0.3, -0.25) is 0 Å². The van der Waals surface area contributed by atoms with E-state index in [4.69, 9.17) is 11.0 Å². The van der Waals surface area contributed by atoms with E-state index in [9.17, 15) is 0 Å². The second-order valence-corrected chi connectivity index (χ2v) is 3.26. The number of rotatable bonds is 4. The van der Waals surface area contributed by atoms with Gasteiger partial charge in [0.25, 0.3) is 0 Å². The van der Waals surface area contributed by atoms with Gasteiger partial charge in [-0.2, -0.15) is 5.26 Å². The fourth-order valence-electron chi connectivity index (χ4n) is 0.512. The van der Waals surface area contributed by atoms with Gasteiger partial charge < -0.3 is 5.73 Å². The van der Waals surface area contributed by atoms with E-state index in [1.54, 1.807) is 12.2 Å². The summed E-state index contributed by atoms with van der Waals surface area (Å²) >= 11 is 3.13. The maximum Gasteiger partial charge on any atom is 0.0658 e. The van der Waals surface area contributed by atoms with Crippen molar-refractivity contribution in [1.82, 2.24) is 0 Å². The van der Waals surface area contributed by atoms with Crippen molar-refractivity contribution in [3.8, 4) is 6.07 Å². The molecular weight excluding hydrogens is 252 g/mol. The van der Waals surface area contributed by atoms with Crippen LogP contribution in [0.2, 0.25) is 0 Å². The molecule has 0 fully saturated rings. The highest BCUT2D eigenvalue weighted by Gasteiger charge is 1.97. The molecule has 0 radical (unpaired) electrons. The molecule has 0 saturated heterocycles. The van der Waals surface area contributed by atoms with Gasteiger partial charge in [-0.1, -0.05) is 41.9 Å². The molecule has 0 aromatic heterocycles. The number of nitrogens with zero attached hydrogens (tertiary/aromatic N) is 1. The van der Waals surface area contributed by atoms with Crippen LogP contribution in [0, 0.1) is 17.2 Å². The molecule has 0 heterocycles. The predicted molar refractivity (Wildman–Crippen MR) is 72.9 cm³/mol. The van der Waals surface area contributed by atoms with Crippen LogP contribution in [0.25, 0.3) is 0 Å². The van der Waals surface area contributed by atoms with Crippen LogP contribution in [-0.4, -0.2) is 11.9 Å². The molecule has 3 heteroatoms. The van der Waals surface area contributed by atoms with Crippen LogP contribution >= 0.6 is 15.9 Å². The summed E-state index contributed by atoms with van der Waals surface area (Å²) in [7, 11) is 0. The molecule has 0 aliphatic carbocycles. The quantitative estimate of drug-likeness (QED) is 0.629. The molecule has 0 aromatic rings. The smallest absolute Gasteiger partial charge is 0.0658 e. The predicted octanol–water partition coefficient (Wildman–Crippen LogP) is 3.64. The van der Waals surface area contributed by atoms with Crippen molar-refractivity contribution in [2.24, 2.45) is 11.7 Å². The minimum Gasteiger partial charge on any atom is -0.331 e. The Morgan fingerprint density at radius 1 is 1.40 bits per heavy atom. The summed E-state index contributed by atoms with van der Waals surface area (Å²) in [5.41, 5.74) is 4.85. The fraction of sp³-hybridized carbons (Fsp3) is 0.583. The lowest BCUT2D eigenvalue weighted by Gasteiger charge is -1.96. The maximum absolute atomic E-state index is 8.36. The molecule has 0 aliphatic rings. The highest BCUT2D eigenvalue weighted by Crippen LogP contribution is 2.05. The summed E-state index contributed by atoms with van der Waals surface area (Å²) in [6.45, 7) is 11.6. The lowest BCUT2D eigenvalue weighted by atomic mass is 10.1. The Hall–Kier alpha value is -0.590. The first-order valence-electron chi connectivity index (χ1n) is 5.05. The van der Waals surface area contributed by atoms with E-state index in [0.29, 0.717) is 0 Å². The van der Waals surface area contributed by atoms with Gasteiger partial charge in [0.15, 0.2) is 0 Å². The van der Waals surface area contributed by atoms with E-state index < -0.39 is 0 Å². The SMILES string of the molecule is C=CCBr.C=CCC(C#N)CC.CCN. The molecule has 0 saturated carbocycles. The zero-order valence-corrected chi connectivity index (χ0v) is 11.5. The number of nitriles is 1. The lowest BCUT2D eigenvalue weighted by Crippen LogP contribution is -1.90. The standard InChI is InChI=1S/C7H11N.C3H5Br.C2H7N/c1-3-5-7(4-2)6-8;1-2-3-4;1-2-3/h3,7H,1,4-5H2,2H3;2H,1,3H2;2-3H2,1H3. The van der Waals surface area contributed by atoms with Crippen molar-refractivity contribution in [2.45, 2.75) is 26.7 Å². The van der Waals surface area contributed by atoms with Crippen LogP contribution in [0.1, 0.15) is 26.7 Å². The normalized spacial score (nSPS) is 9.27. The summed E-state index contributed by atoms with van der Waals surface area (Å²) in [6.07, 6.45) is 5.34. The van der Waals surface area contributed by atoms with Crippen LogP contribution in [0.5, 0.6) is 0 Å². The molecule has 0 aromatic carbocycles. The highest BCUT2D eigenvalue weighted by atomic mass is 79.9. The van der Waals surface area contributed by atoms with Gasteiger partial charge in [-0.25, -0.2) is 0 Å². The summed E-state index contributed by atoms with van der Waals surface area (Å²) in [4.78, 5) is 0. The maximum atomic E-state index is 8.36. The number of hydrogen-bond donors (Lipinski definition) is 1. The molecule has 1 unspecified atom stereocenters. The number of halogens is 1. The molecular formula is C12H23BrN2. The molecule has 0 aliphatic heterocycles. The topological polar surface area (TPSA) is 49.8 Å². The third-order valence-corrected chi connectivity index (χ3v) is 1.69.